The molecule has 0 aromatic heterocycles. The lowest BCUT2D eigenvalue weighted by molar-refractivity contribution is -0.122. The van der Waals surface area contributed by atoms with Gasteiger partial charge in [-0.25, -0.2) is 0 Å². The van der Waals surface area contributed by atoms with Gasteiger partial charge in [-0.3, -0.25) is 9.69 Å². The molecule has 1 N–H and O–H groups in total. The molecule has 4 nitrogen and oxygen atoms in total. The Morgan fingerprint density at radius 3 is 2.42 bits per heavy atom. The first-order chi connectivity index (χ1) is 12.6. The molecular weight excluding hydrogens is 322 g/mol. The monoisotopic (exact) mass is 351 g/mol. The van der Waals surface area contributed by atoms with Gasteiger partial charge in [0, 0.05) is 38.4 Å². The second-order valence-corrected chi connectivity index (χ2v) is 7.07. The number of rotatable bonds is 6. The van der Waals surface area contributed by atoms with Crippen LogP contribution in [0, 0.1) is 13.8 Å². The fourth-order valence-electron chi connectivity index (χ4n) is 3.48. The van der Waals surface area contributed by atoms with Gasteiger partial charge in [0.1, 0.15) is 0 Å². The van der Waals surface area contributed by atoms with Gasteiger partial charge < -0.3 is 10.2 Å². The standard InChI is InChI=1S/C22H29N3O/c1-18-7-6-10-21(19(18)2)25-15-13-24(14-16-25)17-22(26)23-12-11-20-8-4-3-5-9-20/h3-10H,11-17H2,1-2H3,(H,23,26). The van der Waals surface area contributed by atoms with Crippen LogP contribution in [0.4, 0.5) is 5.69 Å². The van der Waals surface area contributed by atoms with Gasteiger partial charge in [0.25, 0.3) is 0 Å². The van der Waals surface area contributed by atoms with Crippen molar-refractivity contribution in [2.75, 3.05) is 44.2 Å². The Labute approximate surface area is 156 Å². The van der Waals surface area contributed by atoms with Crippen molar-refractivity contribution in [1.29, 1.82) is 0 Å². The molecular formula is C22H29N3O. The van der Waals surface area contributed by atoms with E-state index in [4.69, 9.17) is 0 Å². The summed E-state index contributed by atoms with van der Waals surface area (Å²) in [6, 6.07) is 16.8. The molecule has 1 amide bonds. The van der Waals surface area contributed by atoms with Crippen molar-refractivity contribution in [3.63, 3.8) is 0 Å². The molecule has 3 rings (SSSR count). The fourth-order valence-corrected chi connectivity index (χ4v) is 3.48. The molecule has 2 aromatic rings. The Balaban J connectivity index is 1.41. The molecule has 0 unspecified atom stereocenters. The molecule has 0 aliphatic carbocycles. The third kappa shape index (κ3) is 4.85. The average Bonchev–Trinajstić information content (AvgIpc) is 2.66. The number of hydrogen-bond acceptors (Lipinski definition) is 3. The van der Waals surface area contributed by atoms with Crippen molar-refractivity contribution in [3.05, 3.63) is 65.2 Å². The van der Waals surface area contributed by atoms with Gasteiger partial charge >= 0.3 is 0 Å². The number of carbonyl (C=O) groups is 1. The minimum absolute atomic E-state index is 0.126. The van der Waals surface area contributed by atoms with Gasteiger partial charge in [-0.1, -0.05) is 42.5 Å². The molecule has 0 spiro atoms. The summed E-state index contributed by atoms with van der Waals surface area (Å²) >= 11 is 0. The lowest BCUT2D eigenvalue weighted by Crippen LogP contribution is -2.49. The van der Waals surface area contributed by atoms with Gasteiger partial charge in [0.05, 0.1) is 6.54 Å². The number of nitrogens with one attached hydrogen (secondary N) is 1. The van der Waals surface area contributed by atoms with Crippen LogP contribution in [0.25, 0.3) is 0 Å². The maximum atomic E-state index is 12.2. The van der Waals surface area contributed by atoms with Crippen molar-refractivity contribution in [2.45, 2.75) is 20.3 Å². The van der Waals surface area contributed by atoms with Crippen LogP contribution in [0.1, 0.15) is 16.7 Å². The third-order valence-corrected chi connectivity index (χ3v) is 5.23. The zero-order chi connectivity index (χ0) is 18.4. The summed E-state index contributed by atoms with van der Waals surface area (Å²) in [5, 5.41) is 3.04. The molecule has 0 bridgehead atoms. The first kappa shape index (κ1) is 18.5. The quantitative estimate of drug-likeness (QED) is 0.869. The van der Waals surface area contributed by atoms with Gasteiger partial charge in [0.15, 0.2) is 0 Å². The van der Waals surface area contributed by atoms with Gasteiger partial charge in [-0.05, 0) is 43.0 Å². The molecule has 1 aliphatic rings. The topological polar surface area (TPSA) is 35.6 Å². The number of nitrogens with zero attached hydrogens (tertiary/aromatic N) is 2. The number of anilines is 1. The van der Waals surface area contributed by atoms with Crippen molar-refractivity contribution in [3.8, 4) is 0 Å². The highest BCUT2D eigenvalue weighted by Crippen LogP contribution is 2.23. The van der Waals surface area contributed by atoms with E-state index in [9.17, 15) is 4.79 Å². The molecule has 0 atom stereocenters. The molecule has 1 heterocycles. The highest BCUT2D eigenvalue weighted by molar-refractivity contribution is 5.78. The van der Waals surface area contributed by atoms with Crippen LogP contribution >= 0.6 is 0 Å². The second kappa shape index (κ2) is 8.86. The minimum Gasteiger partial charge on any atom is -0.369 e. The summed E-state index contributed by atoms with van der Waals surface area (Å²) < 4.78 is 0. The van der Waals surface area contributed by atoms with Crippen molar-refractivity contribution in [1.82, 2.24) is 10.2 Å². The first-order valence-electron chi connectivity index (χ1n) is 9.47. The molecule has 26 heavy (non-hydrogen) atoms. The Morgan fingerprint density at radius 2 is 1.69 bits per heavy atom. The Morgan fingerprint density at radius 1 is 0.962 bits per heavy atom. The lowest BCUT2D eigenvalue weighted by Gasteiger charge is -2.36. The summed E-state index contributed by atoms with van der Waals surface area (Å²) in [5.74, 6) is 0.126. The van der Waals surface area contributed by atoms with E-state index in [1.807, 2.05) is 18.2 Å². The number of hydrogen-bond donors (Lipinski definition) is 1. The summed E-state index contributed by atoms with van der Waals surface area (Å²) in [6.07, 6.45) is 0.882. The van der Waals surface area contributed by atoms with Crippen LogP contribution in [0.3, 0.4) is 0 Å². The van der Waals surface area contributed by atoms with E-state index in [0.717, 1.165) is 32.6 Å². The maximum Gasteiger partial charge on any atom is 0.234 e. The summed E-state index contributed by atoms with van der Waals surface area (Å²) in [6.45, 7) is 9.36. The SMILES string of the molecule is Cc1cccc(N2CCN(CC(=O)NCCc3ccccc3)CC2)c1C. The largest absolute Gasteiger partial charge is 0.369 e. The molecule has 4 heteroatoms. The summed E-state index contributed by atoms with van der Waals surface area (Å²) in [7, 11) is 0. The van der Waals surface area contributed by atoms with Gasteiger partial charge in [0.2, 0.25) is 5.91 Å². The van der Waals surface area contributed by atoms with E-state index < -0.39 is 0 Å². The van der Waals surface area contributed by atoms with Crippen LogP contribution in [0.15, 0.2) is 48.5 Å². The molecule has 138 valence electrons. The average molecular weight is 351 g/mol. The molecule has 2 aromatic carbocycles. The smallest absolute Gasteiger partial charge is 0.234 e. The van der Waals surface area contributed by atoms with Crippen LogP contribution < -0.4 is 10.2 Å². The van der Waals surface area contributed by atoms with E-state index in [2.05, 4.69) is 59.3 Å². The van der Waals surface area contributed by atoms with Crippen molar-refractivity contribution in [2.24, 2.45) is 0 Å². The molecule has 1 fully saturated rings. The number of carbonyl (C=O) groups excluding carboxylic acids is 1. The summed E-state index contributed by atoms with van der Waals surface area (Å²) in [4.78, 5) is 16.9. The van der Waals surface area contributed by atoms with Crippen LogP contribution in [-0.4, -0.2) is 50.1 Å². The van der Waals surface area contributed by atoms with E-state index in [0.29, 0.717) is 13.1 Å². The lowest BCUT2D eigenvalue weighted by atomic mass is 10.1. The van der Waals surface area contributed by atoms with E-state index in [-0.39, 0.29) is 5.91 Å². The van der Waals surface area contributed by atoms with E-state index in [1.165, 1.54) is 22.4 Å². The number of amides is 1. The number of benzene rings is 2. The number of aryl methyl sites for hydroxylation is 1. The van der Waals surface area contributed by atoms with Crippen molar-refractivity contribution < 1.29 is 4.79 Å². The third-order valence-electron chi connectivity index (χ3n) is 5.23. The molecule has 1 aliphatic heterocycles. The Kier molecular flexibility index (Phi) is 6.29. The maximum absolute atomic E-state index is 12.2. The zero-order valence-corrected chi connectivity index (χ0v) is 15.9. The van der Waals surface area contributed by atoms with Crippen molar-refractivity contribution >= 4 is 11.6 Å². The van der Waals surface area contributed by atoms with Gasteiger partial charge in [-0.15, -0.1) is 0 Å². The second-order valence-electron chi connectivity index (χ2n) is 7.07. The highest BCUT2D eigenvalue weighted by atomic mass is 16.2. The first-order valence-corrected chi connectivity index (χ1v) is 9.47. The van der Waals surface area contributed by atoms with Crippen LogP contribution in [0.2, 0.25) is 0 Å². The van der Waals surface area contributed by atoms with Gasteiger partial charge in [-0.2, -0.15) is 0 Å². The van der Waals surface area contributed by atoms with Crippen LogP contribution in [0.5, 0.6) is 0 Å². The fraction of sp³-hybridized carbons (Fsp3) is 0.409. The predicted octanol–water partition coefficient (Wildman–Crippen LogP) is 2.78. The predicted molar refractivity (Wildman–Crippen MR) is 108 cm³/mol. The molecule has 1 saturated heterocycles. The molecule has 0 radical (unpaired) electrons. The normalized spacial score (nSPS) is 15.1. The Bertz CT molecular complexity index is 721. The van der Waals surface area contributed by atoms with Crippen LogP contribution in [-0.2, 0) is 11.2 Å². The van der Waals surface area contributed by atoms with E-state index >= 15 is 0 Å². The highest BCUT2D eigenvalue weighted by Gasteiger charge is 2.20. The van der Waals surface area contributed by atoms with E-state index in [1.54, 1.807) is 0 Å². The molecule has 0 saturated carbocycles. The summed E-state index contributed by atoms with van der Waals surface area (Å²) in [5.41, 5.74) is 5.29. The number of piperazine rings is 1. The Hall–Kier alpha value is -2.33. The minimum atomic E-state index is 0.126. The zero-order valence-electron chi connectivity index (χ0n) is 15.9.